The highest BCUT2D eigenvalue weighted by Crippen LogP contribution is 2.26. The molecule has 1 aromatic heterocycles. The molecule has 2 aromatic carbocycles. The molecule has 0 atom stereocenters. The van der Waals surface area contributed by atoms with Gasteiger partial charge in [0.05, 0.1) is 19.2 Å². The van der Waals surface area contributed by atoms with Crippen LogP contribution in [-0.4, -0.2) is 23.9 Å². The molecule has 7 heteroatoms. The van der Waals surface area contributed by atoms with E-state index in [2.05, 4.69) is 15.6 Å². The lowest BCUT2D eigenvalue weighted by Crippen LogP contribution is -2.15. The predicted molar refractivity (Wildman–Crippen MR) is 107 cm³/mol. The zero-order chi connectivity index (χ0) is 19.2. The second kappa shape index (κ2) is 8.46. The molecule has 138 valence electrons. The van der Waals surface area contributed by atoms with Gasteiger partial charge in [0.15, 0.2) is 0 Å². The monoisotopic (exact) mass is 381 g/mol. The second-order valence-electron chi connectivity index (χ2n) is 5.86. The van der Waals surface area contributed by atoms with Crippen molar-refractivity contribution in [3.63, 3.8) is 0 Å². The number of carbonyl (C=O) groups excluding carboxylic acids is 2. The lowest BCUT2D eigenvalue weighted by molar-refractivity contribution is -0.116. The van der Waals surface area contributed by atoms with E-state index in [0.717, 1.165) is 16.3 Å². The van der Waals surface area contributed by atoms with Crippen molar-refractivity contribution in [2.75, 3.05) is 17.7 Å². The molecule has 0 bridgehead atoms. The Morgan fingerprint density at radius 1 is 1.07 bits per heavy atom. The smallest absolute Gasteiger partial charge is 0.230 e. The largest absolute Gasteiger partial charge is 0.497 e. The van der Waals surface area contributed by atoms with Gasteiger partial charge in [-0.05, 0) is 42.5 Å². The van der Waals surface area contributed by atoms with Gasteiger partial charge in [-0.1, -0.05) is 6.07 Å². The number of hydrogen-bond donors (Lipinski definition) is 2. The first-order valence-electron chi connectivity index (χ1n) is 8.30. The van der Waals surface area contributed by atoms with Crippen LogP contribution in [0.25, 0.3) is 10.6 Å². The number of ether oxygens (including phenoxy) is 1. The third-order valence-electron chi connectivity index (χ3n) is 3.70. The van der Waals surface area contributed by atoms with Crippen molar-refractivity contribution in [2.24, 2.45) is 0 Å². The fraction of sp³-hybridized carbons (Fsp3) is 0.150. The van der Waals surface area contributed by atoms with Crippen LogP contribution in [0.1, 0.15) is 12.6 Å². The average molecular weight is 381 g/mol. The third-order valence-corrected chi connectivity index (χ3v) is 4.64. The Kier molecular flexibility index (Phi) is 5.83. The topological polar surface area (TPSA) is 80.3 Å². The lowest BCUT2D eigenvalue weighted by atomic mass is 10.2. The maximum atomic E-state index is 12.3. The molecule has 27 heavy (non-hydrogen) atoms. The van der Waals surface area contributed by atoms with Crippen molar-refractivity contribution in [1.82, 2.24) is 4.98 Å². The van der Waals surface area contributed by atoms with Gasteiger partial charge in [0.25, 0.3) is 0 Å². The van der Waals surface area contributed by atoms with E-state index in [1.807, 2.05) is 29.6 Å². The van der Waals surface area contributed by atoms with Gasteiger partial charge in [-0.15, -0.1) is 11.3 Å². The van der Waals surface area contributed by atoms with Crippen molar-refractivity contribution in [3.8, 4) is 16.3 Å². The van der Waals surface area contributed by atoms with Crippen molar-refractivity contribution in [1.29, 1.82) is 0 Å². The van der Waals surface area contributed by atoms with Gasteiger partial charge in [0.2, 0.25) is 11.8 Å². The van der Waals surface area contributed by atoms with Crippen LogP contribution in [0.5, 0.6) is 5.75 Å². The fourth-order valence-electron chi connectivity index (χ4n) is 2.50. The Morgan fingerprint density at radius 2 is 1.78 bits per heavy atom. The molecule has 2 N–H and O–H groups in total. The van der Waals surface area contributed by atoms with Crippen molar-refractivity contribution >= 4 is 34.5 Å². The van der Waals surface area contributed by atoms with Gasteiger partial charge in [-0.3, -0.25) is 9.59 Å². The molecule has 0 saturated carbocycles. The van der Waals surface area contributed by atoms with Crippen LogP contribution >= 0.6 is 11.3 Å². The van der Waals surface area contributed by atoms with Crippen LogP contribution < -0.4 is 15.4 Å². The minimum absolute atomic E-state index is 0.160. The summed E-state index contributed by atoms with van der Waals surface area (Å²) in [7, 11) is 1.63. The van der Waals surface area contributed by atoms with E-state index in [4.69, 9.17) is 4.74 Å². The van der Waals surface area contributed by atoms with Gasteiger partial charge in [0.1, 0.15) is 10.8 Å². The summed E-state index contributed by atoms with van der Waals surface area (Å²) in [6.07, 6.45) is 0.178. The summed E-state index contributed by atoms with van der Waals surface area (Å²) < 4.78 is 5.16. The third kappa shape index (κ3) is 5.15. The van der Waals surface area contributed by atoms with E-state index in [1.165, 1.54) is 18.3 Å². The number of nitrogens with zero attached hydrogens (tertiary/aromatic N) is 1. The predicted octanol–water partition coefficient (Wildman–Crippen LogP) is 3.96. The van der Waals surface area contributed by atoms with Crippen molar-refractivity contribution < 1.29 is 14.3 Å². The van der Waals surface area contributed by atoms with Crippen molar-refractivity contribution in [3.05, 3.63) is 59.6 Å². The Bertz CT molecular complexity index is 951. The Morgan fingerprint density at radius 3 is 2.44 bits per heavy atom. The van der Waals surface area contributed by atoms with Gasteiger partial charge in [0, 0.05) is 29.2 Å². The first-order valence-corrected chi connectivity index (χ1v) is 9.18. The zero-order valence-corrected chi connectivity index (χ0v) is 15.8. The van der Waals surface area contributed by atoms with Gasteiger partial charge < -0.3 is 15.4 Å². The molecular weight excluding hydrogens is 362 g/mol. The summed E-state index contributed by atoms with van der Waals surface area (Å²) in [6, 6.07) is 14.7. The molecule has 6 nitrogen and oxygen atoms in total. The van der Waals surface area contributed by atoms with E-state index in [-0.39, 0.29) is 18.2 Å². The molecule has 1 heterocycles. The molecule has 0 aliphatic heterocycles. The Hall–Kier alpha value is -3.19. The summed E-state index contributed by atoms with van der Waals surface area (Å²) in [5.74, 6) is 0.463. The maximum absolute atomic E-state index is 12.3. The number of hydrogen-bond acceptors (Lipinski definition) is 5. The molecular formula is C20H19N3O3S. The maximum Gasteiger partial charge on any atom is 0.230 e. The SMILES string of the molecule is COc1ccc(-c2nc(CC(=O)Nc3cccc(NC(C)=O)c3)cs2)cc1. The first-order chi connectivity index (χ1) is 13.0. The number of nitrogens with one attached hydrogen (secondary N) is 2. The molecule has 0 aliphatic rings. The normalized spacial score (nSPS) is 10.3. The van der Waals surface area contributed by atoms with E-state index in [1.54, 1.807) is 31.4 Å². The molecule has 0 radical (unpaired) electrons. The standard InChI is InChI=1S/C20H19N3O3S/c1-13(24)21-15-4-3-5-16(10-15)22-19(25)11-17-12-27-20(23-17)14-6-8-18(26-2)9-7-14/h3-10,12H,11H2,1-2H3,(H,21,24)(H,22,25). The minimum atomic E-state index is -0.165. The highest BCUT2D eigenvalue weighted by Gasteiger charge is 2.10. The number of thiazole rings is 1. The van der Waals surface area contributed by atoms with Gasteiger partial charge in [-0.25, -0.2) is 4.98 Å². The molecule has 0 fully saturated rings. The van der Waals surface area contributed by atoms with Crippen LogP contribution in [0.4, 0.5) is 11.4 Å². The summed E-state index contributed by atoms with van der Waals surface area (Å²) >= 11 is 1.49. The summed E-state index contributed by atoms with van der Waals surface area (Å²) in [5, 5.41) is 8.25. The summed E-state index contributed by atoms with van der Waals surface area (Å²) in [5.41, 5.74) is 2.95. The highest BCUT2D eigenvalue weighted by atomic mass is 32.1. The van der Waals surface area contributed by atoms with E-state index >= 15 is 0 Å². The second-order valence-corrected chi connectivity index (χ2v) is 6.72. The number of anilines is 2. The molecule has 0 unspecified atom stereocenters. The molecule has 3 rings (SSSR count). The minimum Gasteiger partial charge on any atom is -0.497 e. The van der Waals surface area contributed by atoms with Crippen molar-refractivity contribution in [2.45, 2.75) is 13.3 Å². The fourth-order valence-corrected chi connectivity index (χ4v) is 3.33. The first kappa shape index (κ1) is 18.6. The number of carbonyl (C=O) groups is 2. The number of benzene rings is 2. The van der Waals surface area contributed by atoms with E-state index < -0.39 is 0 Å². The Labute approximate surface area is 161 Å². The summed E-state index contributed by atoms with van der Waals surface area (Å²) in [4.78, 5) is 28.0. The van der Waals surface area contributed by atoms with Crippen LogP contribution in [0, 0.1) is 0 Å². The molecule has 0 spiro atoms. The molecule has 3 aromatic rings. The molecule has 2 amide bonds. The van der Waals surface area contributed by atoms with Crippen LogP contribution in [-0.2, 0) is 16.0 Å². The van der Waals surface area contributed by atoms with Crippen LogP contribution in [0.2, 0.25) is 0 Å². The van der Waals surface area contributed by atoms with Gasteiger partial charge in [-0.2, -0.15) is 0 Å². The number of rotatable bonds is 6. The quantitative estimate of drug-likeness (QED) is 0.677. The van der Waals surface area contributed by atoms with Crippen LogP contribution in [0.15, 0.2) is 53.9 Å². The highest BCUT2D eigenvalue weighted by molar-refractivity contribution is 7.13. The summed E-state index contributed by atoms with van der Waals surface area (Å²) in [6.45, 7) is 1.44. The number of methoxy groups -OCH3 is 1. The number of amides is 2. The average Bonchev–Trinajstić information content (AvgIpc) is 3.09. The zero-order valence-electron chi connectivity index (χ0n) is 15.0. The molecule has 0 aliphatic carbocycles. The molecule has 0 saturated heterocycles. The Balaban J connectivity index is 1.63. The van der Waals surface area contributed by atoms with Gasteiger partial charge >= 0.3 is 0 Å². The number of aromatic nitrogens is 1. The van der Waals surface area contributed by atoms with E-state index in [0.29, 0.717) is 17.1 Å². The van der Waals surface area contributed by atoms with Crippen LogP contribution in [0.3, 0.4) is 0 Å². The van der Waals surface area contributed by atoms with E-state index in [9.17, 15) is 9.59 Å². The lowest BCUT2D eigenvalue weighted by Gasteiger charge is -2.07.